The van der Waals surface area contributed by atoms with Crippen molar-refractivity contribution in [3.8, 4) is 12.1 Å². The number of hydrogen-bond donors (Lipinski definition) is 1. The average Bonchev–Trinajstić information content (AvgIpc) is 3.00. The van der Waals surface area contributed by atoms with E-state index in [4.69, 9.17) is 15.2 Å². The minimum absolute atomic E-state index is 0.108. The first kappa shape index (κ1) is 18.4. The van der Waals surface area contributed by atoms with E-state index in [1.54, 1.807) is 0 Å². The van der Waals surface area contributed by atoms with Gasteiger partial charge in [-0.2, -0.15) is 10.5 Å². The van der Waals surface area contributed by atoms with Crippen LogP contribution < -0.4 is 5.73 Å². The number of rotatable bonds is 5. The van der Waals surface area contributed by atoms with Crippen LogP contribution in [-0.4, -0.2) is 26.0 Å². The number of hydrogen-bond acceptors (Lipinski definition) is 6. The van der Waals surface area contributed by atoms with Gasteiger partial charge in [0.05, 0.1) is 12.1 Å². The predicted octanol–water partition coefficient (Wildman–Crippen LogP) is 2.71. The van der Waals surface area contributed by atoms with Gasteiger partial charge in [-0.3, -0.25) is 0 Å². The van der Waals surface area contributed by atoms with Crippen LogP contribution in [0.15, 0.2) is 35.3 Å². The summed E-state index contributed by atoms with van der Waals surface area (Å²) in [6.45, 7) is 6.12. The Balaban J connectivity index is 2.15. The van der Waals surface area contributed by atoms with Crippen molar-refractivity contribution < 1.29 is 9.47 Å². The summed E-state index contributed by atoms with van der Waals surface area (Å²) in [7, 11) is 2.85. The zero-order valence-corrected chi connectivity index (χ0v) is 15.8. The number of amidine groups is 1. The summed E-state index contributed by atoms with van der Waals surface area (Å²) in [6.07, 6.45) is 0.551. The molecule has 1 fully saturated rings. The lowest BCUT2D eigenvalue weighted by molar-refractivity contribution is -0.237. The van der Waals surface area contributed by atoms with Gasteiger partial charge in [-0.1, -0.05) is 51.1 Å². The standard InChI is InChI=1S/C20H24N4O2/c1-16(2,14-9-7-6-8-10-14)11-17(3)18(12-21)15(23)24-20(25-4,26-5)19(17,18)13-22/h6-10H,11H2,1-5H3,(H2,23,24)/t17-,18+,19-/m1/s1. The first-order chi connectivity index (χ1) is 12.2. The van der Waals surface area contributed by atoms with Gasteiger partial charge in [0, 0.05) is 19.6 Å². The summed E-state index contributed by atoms with van der Waals surface area (Å²) >= 11 is 0. The van der Waals surface area contributed by atoms with Crippen LogP contribution in [0.3, 0.4) is 0 Å². The van der Waals surface area contributed by atoms with E-state index in [1.165, 1.54) is 14.2 Å². The molecule has 0 amide bonds. The molecule has 0 radical (unpaired) electrons. The monoisotopic (exact) mass is 352 g/mol. The molecule has 6 nitrogen and oxygen atoms in total. The maximum Gasteiger partial charge on any atom is 0.292 e. The molecule has 0 spiro atoms. The Morgan fingerprint density at radius 1 is 1.12 bits per heavy atom. The number of nitrogens with zero attached hydrogens (tertiary/aromatic N) is 3. The van der Waals surface area contributed by atoms with Crippen LogP contribution in [0.1, 0.15) is 32.8 Å². The highest BCUT2D eigenvalue weighted by Crippen LogP contribution is 2.87. The fourth-order valence-corrected chi connectivity index (χ4v) is 5.33. The van der Waals surface area contributed by atoms with Crippen LogP contribution >= 0.6 is 0 Å². The van der Waals surface area contributed by atoms with E-state index in [0.717, 1.165) is 5.56 Å². The Kier molecular flexibility index (Phi) is 3.74. The summed E-state index contributed by atoms with van der Waals surface area (Å²) in [5, 5.41) is 20.3. The van der Waals surface area contributed by atoms with E-state index >= 15 is 0 Å². The minimum atomic E-state index is -1.58. The first-order valence-corrected chi connectivity index (χ1v) is 8.53. The van der Waals surface area contributed by atoms with Gasteiger partial charge in [0.15, 0.2) is 5.41 Å². The molecule has 26 heavy (non-hydrogen) atoms. The number of nitrogens with two attached hydrogens (primary N) is 1. The molecule has 3 atom stereocenters. The lowest BCUT2D eigenvalue weighted by Crippen LogP contribution is -2.44. The molecule has 3 rings (SSSR count). The van der Waals surface area contributed by atoms with E-state index in [-0.39, 0.29) is 11.3 Å². The Labute approximate surface area is 154 Å². The second kappa shape index (κ2) is 5.30. The van der Waals surface area contributed by atoms with Crippen molar-refractivity contribution in [1.82, 2.24) is 0 Å². The van der Waals surface area contributed by atoms with Gasteiger partial charge >= 0.3 is 0 Å². The largest absolute Gasteiger partial charge is 0.386 e. The summed E-state index contributed by atoms with van der Waals surface area (Å²) < 4.78 is 11.1. The zero-order valence-electron chi connectivity index (χ0n) is 15.8. The molecule has 0 saturated heterocycles. The molecule has 1 aromatic rings. The highest BCUT2D eigenvalue weighted by atomic mass is 16.7. The predicted molar refractivity (Wildman–Crippen MR) is 96.7 cm³/mol. The Morgan fingerprint density at radius 3 is 2.15 bits per heavy atom. The molecule has 1 aliphatic heterocycles. The third-order valence-electron chi connectivity index (χ3n) is 6.52. The maximum atomic E-state index is 10.2. The van der Waals surface area contributed by atoms with E-state index in [2.05, 4.69) is 43.1 Å². The van der Waals surface area contributed by atoms with Gasteiger partial charge in [0.2, 0.25) is 0 Å². The summed E-state index contributed by atoms with van der Waals surface area (Å²) in [5.74, 6) is -1.47. The first-order valence-electron chi connectivity index (χ1n) is 8.53. The molecule has 1 heterocycles. The third kappa shape index (κ3) is 1.65. The summed E-state index contributed by atoms with van der Waals surface area (Å²) in [5.41, 5.74) is 3.72. The van der Waals surface area contributed by atoms with Gasteiger partial charge in [0.1, 0.15) is 11.3 Å². The van der Waals surface area contributed by atoms with Crippen molar-refractivity contribution in [2.75, 3.05) is 14.2 Å². The number of ether oxygens (including phenoxy) is 2. The van der Waals surface area contributed by atoms with E-state index in [0.29, 0.717) is 6.42 Å². The molecular formula is C20H24N4O2. The number of aliphatic imine (C=N–C) groups is 1. The van der Waals surface area contributed by atoms with Crippen LogP contribution in [0.5, 0.6) is 0 Å². The molecule has 136 valence electrons. The van der Waals surface area contributed by atoms with E-state index < -0.39 is 22.2 Å². The van der Waals surface area contributed by atoms with Crippen LogP contribution in [0.4, 0.5) is 0 Å². The Hall–Kier alpha value is -2.41. The van der Waals surface area contributed by atoms with Crippen molar-refractivity contribution in [3.05, 3.63) is 35.9 Å². The van der Waals surface area contributed by atoms with Crippen LogP contribution in [0, 0.1) is 38.9 Å². The van der Waals surface area contributed by atoms with Crippen molar-refractivity contribution >= 4 is 5.84 Å². The highest BCUT2D eigenvalue weighted by molar-refractivity contribution is 6.00. The lowest BCUT2D eigenvalue weighted by Gasteiger charge is -2.36. The quantitative estimate of drug-likeness (QED) is 0.820. The summed E-state index contributed by atoms with van der Waals surface area (Å²) in [4.78, 5) is 4.28. The fraction of sp³-hybridized carbons (Fsp3) is 0.550. The molecule has 2 N–H and O–H groups in total. The van der Waals surface area contributed by atoms with Crippen LogP contribution in [0.2, 0.25) is 0 Å². The van der Waals surface area contributed by atoms with Crippen LogP contribution in [-0.2, 0) is 14.9 Å². The lowest BCUT2D eigenvalue weighted by atomic mass is 9.72. The van der Waals surface area contributed by atoms with Crippen molar-refractivity contribution in [1.29, 1.82) is 10.5 Å². The van der Waals surface area contributed by atoms with Crippen molar-refractivity contribution in [2.45, 2.75) is 38.5 Å². The zero-order chi connectivity index (χ0) is 19.4. The van der Waals surface area contributed by atoms with Crippen molar-refractivity contribution in [2.24, 2.45) is 27.0 Å². The second-order valence-corrected chi connectivity index (χ2v) is 7.97. The van der Waals surface area contributed by atoms with Crippen LogP contribution in [0.25, 0.3) is 0 Å². The second-order valence-electron chi connectivity index (χ2n) is 7.97. The molecule has 0 bridgehead atoms. The van der Waals surface area contributed by atoms with Crippen molar-refractivity contribution in [3.63, 3.8) is 0 Å². The SMILES string of the molecule is COC1(OC)N=C(N)[C@@]2(C#N)[C@@](C)(CC(C)(C)c3ccccc3)[C@@]12C#N. The summed E-state index contributed by atoms with van der Waals surface area (Å²) in [6, 6.07) is 14.7. The van der Waals surface area contributed by atoms with Gasteiger partial charge < -0.3 is 15.2 Å². The molecule has 1 aromatic carbocycles. The Morgan fingerprint density at radius 2 is 1.69 bits per heavy atom. The van der Waals surface area contributed by atoms with Gasteiger partial charge in [-0.05, 0) is 17.4 Å². The molecular weight excluding hydrogens is 328 g/mol. The fourth-order valence-electron chi connectivity index (χ4n) is 5.33. The Bertz CT molecular complexity index is 847. The average molecular weight is 352 g/mol. The number of benzene rings is 1. The molecule has 2 aliphatic rings. The molecule has 0 aromatic heterocycles. The number of nitriles is 2. The molecule has 6 heteroatoms. The molecule has 1 aliphatic carbocycles. The molecule has 1 saturated carbocycles. The normalized spacial score (nSPS) is 34.3. The smallest absolute Gasteiger partial charge is 0.292 e. The van der Waals surface area contributed by atoms with Gasteiger partial charge in [0.25, 0.3) is 5.91 Å². The van der Waals surface area contributed by atoms with E-state index in [9.17, 15) is 10.5 Å². The van der Waals surface area contributed by atoms with E-state index in [1.807, 2.05) is 25.1 Å². The maximum absolute atomic E-state index is 10.2. The minimum Gasteiger partial charge on any atom is -0.386 e. The highest BCUT2D eigenvalue weighted by Gasteiger charge is 2.99. The number of methoxy groups -OCH3 is 2. The van der Waals surface area contributed by atoms with Gasteiger partial charge in [-0.25, -0.2) is 4.99 Å². The van der Waals surface area contributed by atoms with Gasteiger partial charge in [-0.15, -0.1) is 0 Å². The third-order valence-corrected chi connectivity index (χ3v) is 6.52. The topological polar surface area (TPSA) is 104 Å². The number of fused-ring (bicyclic) bond motifs is 1. The molecule has 0 unspecified atom stereocenters.